The van der Waals surface area contributed by atoms with E-state index in [4.69, 9.17) is 4.74 Å². The number of aryl methyl sites for hydroxylation is 1. The number of carbonyl (C=O) groups excluding carboxylic acids is 1. The molecule has 0 radical (unpaired) electrons. The minimum absolute atomic E-state index is 0.0884. The number of ether oxygens (including phenoxy) is 1. The molecule has 0 fully saturated rings. The Labute approximate surface area is 189 Å². The number of nitrogens with one attached hydrogen (secondary N) is 1. The van der Waals surface area contributed by atoms with Gasteiger partial charge in [-0.3, -0.25) is 9.10 Å². The van der Waals surface area contributed by atoms with Crippen LogP contribution in [0.25, 0.3) is 0 Å². The highest BCUT2D eigenvalue weighted by Crippen LogP contribution is 2.25. The quantitative estimate of drug-likeness (QED) is 0.520. The van der Waals surface area contributed by atoms with Crippen LogP contribution in [0.3, 0.4) is 0 Å². The van der Waals surface area contributed by atoms with Crippen LogP contribution in [-0.2, 0) is 14.8 Å². The van der Waals surface area contributed by atoms with Crippen molar-refractivity contribution in [1.82, 2.24) is 5.32 Å². The highest BCUT2D eigenvalue weighted by Gasteiger charge is 2.27. The Balaban J connectivity index is 1.88. The number of nitrogens with zero attached hydrogens (tertiary/aromatic N) is 1. The summed E-state index contributed by atoms with van der Waals surface area (Å²) in [5, 5.41) is 2.89. The lowest BCUT2D eigenvalue weighted by molar-refractivity contribution is -0.120. The molecule has 0 spiro atoms. The average Bonchev–Trinajstić information content (AvgIpc) is 2.79. The third-order valence-corrected chi connectivity index (χ3v) is 6.80. The van der Waals surface area contributed by atoms with E-state index in [0.29, 0.717) is 18.0 Å². The van der Waals surface area contributed by atoms with Gasteiger partial charge >= 0.3 is 0 Å². The molecule has 6 nitrogen and oxygen atoms in total. The van der Waals surface area contributed by atoms with Crippen molar-refractivity contribution in [2.45, 2.75) is 31.7 Å². The number of rotatable bonds is 9. The molecule has 0 aromatic heterocycles. The van der Waals surface area contributed by atoms with Crippen molar-refractivity contribution in [3.63, 3.8) is 0 Å². The molecule has 1 N–H and O–H groups in total. The van der Waals surface area contributed by atoms with Gasteiger partial charge in [0.25, 0.3) is 10.0 Å². The van der Waals surface area contributed by atoms with Crippen molar-refractivity contribution in [2.75, 3.05) is 17.5 Å². The van der Waals surface area contributed by atoms with Gasteiger partial charge in [-0.1, -0.05) is 48.0 Å². The molecule has 3 aromatic rings. The molecule has 7 heteroatoms. The first-order valence-corrected chi connectivity index (χ1v) is 11.9. The van der Waals surface area contributed by atoms with Crippen molar-refractivity contribution in [2.24, 2.45) is 0 Å². The zero-order valence-electron chi connectivity index (χ0n) is 18.5. The number of benzene rings is 3. The van der Waals surface area contributed by atoms with E-state index >= 15 is 0 Å². The van der Waals surface area contributed by atoms with Gasteiger partial charge in [0.05, 0.1) is 23.2 Å². The predicted octanol–water partition coefficient (Wildman–Crippen LogP) is 4.47. The summed E-state index contributed by atoms with van der Waals surface area (Å²) < 4.78 is 33.5. The highest BCUT2D eigenvalue weighted by atomic mass is 32.2. The molecule has 1 unspecified atom stereocenters. The van der Waals surface area contributed by atoms with E-state index in [-0.39, 0.29) is 17.5 Å². The van der Waals surface area contributed by atoms with Crippen LogP contribution in [0.1, 0.15) is 31.0 Å². The zero-order chi connectivity index (χ0) is 23.1. The summed E-state index contributed by atoms with van der Waals surface area (Å²) in [6, 6.07) is 22.5. The molecule has 1 amide bonds. The van der Waals surface area contributed by atoms with Gasteiger partial charge in [-0.15, -0.1) is 0 Å². The van der Waals surface area contributed by atoms with Crippen LogP contribution < -0.4 is 14.4 Å². The van der Waals surface area contributed by atoms with Gasteiger partial charge in [-0.25, -0.2) is 8.42 Å². The Hall–Kier alpha value is -3.32. The second-order valence-electron chi connectivity index (χ2n) is 7.45. The first-order valence-electron chi connectivity index (χ1n) is 10.5. The molecule has 0 aliphatic rings. The second-order valence-corrected chi connectivity index (χ2v) is 9.31. The maximum absolute atomic E-state index is 13.5. The van der Waals surface area contributed by atoms with Gasteiger partial charge in [0.1, 0.15) is 12.3 Å². The smallest absolute Gasteiger partial charge is 0.264 e. The van der Waals surface area contributed by atoms with E-state index in [0.717, 1.165) is 15.4 Å². The lowest BCUT2D eigenvalue weighted by Crippen LogP contribution is -2.41. The van der Waals surface area contributed by atoms with Gasteiger partial charge in [0, 0.05) is 0 Å². The number of sulfonamides is 1. The molecule has 0 saturated heterocycles. The number of anilines is 1. The molecule has 0 aliphatic heterocycles. The van der Waals surface area contributed by atoms with Gasteiger partial charge in [0.15, 0.2) is 0 Å². The summed E-state index contributed by atoms with van der Waals surface area (Å²) >= 11 is 0. The third-order valence-electron chi connectivity index (χ3n) is 5.01. The fourth-order valence-corrected chi connectivity index (χ4v) is 4.69. The van der Waals surface area contributed by atoms with E-state index in [9.17, 15) is 13.2 Å². The maximum atomic E-state index is 13.5. The summed E-state index contributed by atoms with van der Waals surface area (Å²) in [5.41, 5.74) is 2.36. The lowest BCUT2D eigenvalue weighted by Gasteiger charge is -2.25. The Morgan fingerprint density at radius 2 is 1.59 bits per heavy atom. The van der Waals surface area contributed by atoms with Gasteiger partial charge < -0.3 is 10.1 Å². The monoisotopic (exact) mass is 452 g/mol. The molecular weight excluding hydrogens is 424 g/mol. The van der Waals surface area contributed by atoms with Crippen molar-refractivity contribution in [3.8, 4) is 5.75 Å². The number of amides is 1. The zero-order valence-corrected chi connectivity index (χ0v) is 19.3. The standard InChI is InChI=1S/C25H28N2O4S/c1-4-31-23-14-16-24(17-15-23)32(29,30)27(22-12-10-19(2)11-13-22)18-25(28)26-20(3)21-8-6-5-7-9-21/h5-17,20H,4,18H2,1-3H3,(H,26,28). The molecule has 32 heavy (non-hydrogen) atoms. The Morgan fingerprint density at radius 3 is 2.19 bits per heavy atom. The Bertz CT molecular complexity index is 1130. The van der Waals surface area contributed by atoms with Crippen molar-refractivity contribution >= 4 is 21.6 Å². The van der Waals surface area contributed by atoms with Crippen LogP contribution in [0, 0.1) is 6.92 Å². The molecular formula is C25H28N2O4S. The highest BCUT2D eigenvalue weighted by molar-refractivity contribution is 7.92. The summed E-state index contributed by atoms with van der Waals surface area (Å²) in [6.07, 6.45) is 0. The third kappa shape index (κ3) is 5.68. The molecule has 3 aromatic carbocycles. The lowest BCUT2D eigenvalue weighted by atomic mass is 10.1. The normalized spacial score (nSPS) is 12.1. The van der Waals surface area contributed by atoms with Gasteiger partial charge in [-0.05, 0) is 62.7 Å². The fourth-order valence-electron chi connectivity index (χ4n) is 3.27. The Morgan fingerprint density at radius 1 is 0.969 bits per heavy atom. The average molecular weight is 453 g/mol. The van der Waals surface area contributed by atoms with E-state index < -0.39 is 15.9 Å². The van der Waals surface area contributed by atoms with Crippen molar-refractivity contribution in [3.05, 3.63) is 90.0 Å². The van der Waals surface area contributed by atoms with Crippen LogP contribution in [0.15, 0.2) is 83.8 Å². The van der Waals surface area contributed by atoms with Crippen molar-refractivity contribution in [1.29, 1.82) is 0 Å². The molecule has 0 aliphatic carbocycles. The molecule has 0 heterocycles. The van der Waals surface area contributed by atoms with E-state index in [1.807, 2.05) is 63.2 Å². The van der Waals surface area contributed by atoms with E-state index in [1.54, 1.807) is 24.3 Å². The first kappa shape index (κ1) is 23.3. The molecule has 168 valence electrons. The summed E-state index contributed by atoms with van der Waals surface area (Å²) in [6.45, 7) is 5.80. The van der Waals surface area contributed by atoms with Crippen LogP contribution in [0.4, 0.5) is 5.69 Å². The first-order chi connectivity index (χ1) is 15.3. The van der Waals surface area contributed by atoms with E-state index in [2.05, 4.69) is 5.32 Å². The van der Waals surface area contributed by atoms with Gasteiger partial charge in [-0.2, -0.15) is 0 Å². The SMILES string of the molecule is CCOc1ccc(S(=O)(=O)N(CC(=O)NC(C)c2ccccc2)c2ccc(C)cc2)cc1. The summed E-state index contributed by atoms with van der Waals surface area (Å²) in [5.74, 6) is 0.194. The van der Waals surface area contributed by atoms with Crippen LogP contribution in [0.2, 0.25) is 0 Å². The molecule has 0 bridgehead atoms. The summed E-state index contributed by atoms with van der Waals surface area (Å²) in [4.78, 5) is 12.9. The largest absolute Gasteiger partial charge is 0.494 e. The summed E-state index contributed by atoms with van der Waals surface area (Å²) in [7, 11) is -3.98. The number of carbonyl (C=O) groups is 1. The number of hydrogen-bond acceptors (Lipinski definition) is 4. The van der Waals surface area contributed by atoms with Crippen LogP contribution >= 0.6 is 0 Å². The minimum Gasteiger partial charge on any atom is -0.494 e. The predicted molar refractivity (Wildman–Crippen MR) is 126 cm³/mol. The number of hydrogen-bond donors (Lipinski definition) is 1. The van der Waals surface area contributed by atoms with E-state index in [1.165, 1.54) is 12.1 Å². The van der Waals surface area contributed by atoms with Crippen LogP contribution in [0.5, 0.6) is 5.75 Å². The molecule has 3 rings (SSSR count). The molecule has 0 saturated carbocycles. The van der Waals surface area contributed by atoms with Crippen molar-refractivity contribution < 1.29 is 17.9 Å². The topological polar surface area (TPSA) is 75.7 Å². The Kier molecular flexibility index (Phi) is 7.53. The minimum atomic E-state index is -3.98. The van der Waals surface area contributed by atoms with Gasteiger partial charge in [0.2, 0.25) is 5.91 Å². The second kappa shape index (κ2) is 10.3. The fraction of sp³-hybridized carbons (Fsp3) is 0.240. The maximum Gasteiger partial charge on any atom is 0.264 e. The molecule has 1 atom stereocenters. The van der Waals surface area contributed by atoms with Crippen LogP contribution in [-0.4, -0.2) is 27.5 Å².